The van der Waals surface area contributed by atoms with Crippen LogP contribution < -0.4 is 16.3 Å². The van der Waals surface area contributed by atoms with Crippen molar-refractivity contribution in [1.82, 2.24) is 9.55 Å². The van der Waals surface area contributed by atoms with Gasteiger partial charge in [0.05, 0.1) is 6.21 Å². The molecule has 0 spiro atoms. The van der Waals surface area contributed by atoms with E-state index in [-0.39, 0.29) is 5.56 Å². The molecule has 1 aromatic heterocycles. The number of nitrogens with zero attached hydrogens (tertiary/aromatic N) is 3. The second kappa shape index (κ2) is 9.17. The second-order valence-corrected chi connectivity index (χ2v) is 6.35. The van der Waals surface area contributed by atoms with E-state index in [4.69, 9.17) is 0 Å². The van der Waals surface area contributed by atoms with Gasteiger partial charge in [-0.1, -0.05) is 38.8 Å². The Morgan fingerprint density at radius 1 is 1.08 bits per heavy atom. The summed E-state index contributed by atoms with van der Waals surface area (Å²) in [5.41, 5.74) is 2.97. The number of anilines is 1. The Bertz CT molecular complexity index is 849. The van der Waals surface area contributed by atoms with Gasteiger partial charge in [0.2, 0.25) is 0 Å². The number of H-pyrrole nitrogens is 1. The lowest BCUT2D eigenvalue weighted by atomic mass is 9.97. The fraction of sp³-hybridized carbons (Fsp3) is 0.450. The quantitative estimate of drug-likeness (QED) is 0.584. The van der Waals surface area contributed by atoms with Crippen LogP contribution in [0.25, 0.3) is 0 Å². The van der Waals surface area contributed by atoms with Crippen molar-refractivity contribution in [2.75, 3.05) is 11.6 Å². The van der Waals surface area contributed by atoms with Gasteiger partial charge in [0.1, 0.15) is 5.82 Å². The summed E-state index contributed by atoms with van der Waals surface area (Å²) in [4.78, 5) is 26.3. The number of aromatic nitrogens is 2. The molecule has 1 heterocycles. The van der Waals surface area contributed by atoms with E-state index in [9.17, 15) is 9.59 Å². The van der Waals surface area contributed by atoms with Crippen LogP contribution in [0.4, 0.5) is 5.82 Å². The van der Waals surface area contributed by atoms with E-state index >= 15 is 0 Å². The Hall–Kier alpha value is -2.63. The normalized spacial score (nSPS) is 11.2. The van der Waals surface area contributed by atoms with Crippen molar-refractivity contribution in [2.24, 2.45) is 12.1 Å². The molecule has 0 saturated heterocycles. The molecule has 26 heavy (non-hydrogen) atoms. The van der Waals surface area contributed by atoms with Crippen molar-refractivity contribution in [3.8, 4) is 0 Å². The Labute approximate surface area is 154 Å². The van der Waals surface area contributed by atoms with Crippen LogP contribution in [-0.4, -0.2) is 22.3 Å². The van der Waals surface area contributed by atoms with Crippen LogP contribution in [0, 0.1) is 0 Å². The molecule has 0 aliphatic heterocycles. The minimum absolute atomic E-state index is 0.355. The summed E-state index contributed by atoms with van der Waals surface area (Å²) < 4.78 is 1.03. The predicted octanol–water partition coefficient (Wildman–Crippen LogP) is 2.84. The zero-order valence-corrected chi connectivity index (χ0v) is 16.1. The maximum absolute atomic E-state index is 11.8. The maximum Gasteiger partial charge on any atom is 0.329 e. The van der Waals surface area contributed by atoms with Crippen molar-refractivity contribution in [3.05, 3.63) is 61.8 Å². The average Bonchev–Trinajstić information content (AvgIpc) is 2.62. The highest BCUT2D eigenvalue weighted by Crippen LogP contribution is 2.16. The first-order valence-electron chi connectivity index (χ1n) is 9.23. The number of hydrogen-bond acceptors (Lipinski definition) is 4. The van der Waals surface area contributed by atoms with Crippen molar-refractivity contribution >= 4 is 12.0 Å². The molecule has 6 nitrogen and oxygen atoms in total. The van der Waals surface area contributed by atoms with E-state index in [1.165, 1.54) is 24.2 Å². The van der Waals surface area contributed by atoms with Crippen LogP contribution in [0.1, 0.15) is 50.3 Å². The summed E-state index contributed by atoms with van der Waals surface area (Å²) in [6.45, 7) is 6.83. The lowest BCUT2D eigenvalue weighted by Crippen LogP contribution is -2.34. The Morgan fingerprint density at radius 2 is 1.77 bits per heavy atom. The number of nitrogens with one attached hydrogen (secondary N) is 1. The van der Waals surface area contributed by atoms with E-state index in [1.54, 1.807) is 11.2 Å². The molecule has 0 amide bonds. The predicted molar refractivity (Wildman–Crippen MR) is 107 cm³/mol. The van der Waals surface area contributed by atoms with Crippen LogP contribution in [0.5, 0.6) is 0 Å². The molecule has 0 atom stereocenters. The van der Waals surface area contributed by atoms with Crippen molar-refractivity contribution in [2.45, 2.75) is 46.5 Å². The zero-order valence-electron chi connectivity index (χ0n) is 16.1. The third-order valence-electron chi connectivity index (χ3n) is 4.32. The molecule has 2 aromatic rings. The van der Waals surface area contributed by atoms with E-state index < -0.39 is 5.69 Å². The molecule has 0 radical (unpaired) electrons. The third kappa shape index (κ3) is 4.71. The van der Waals surface area contributed by atoms with E-state index in [2.05, 4.69) is 42.1 Å². The SMILES string of the molecule is CCCc1ccc(C=NN(CC)c2cc(=O)n(C)c(=O)[nH]2)cc1CCC. The first-order valence-corrected chi connectivity index (χ1v) is 9.23. The van der Waals surface area contributed by atoms with Crippen LogP contribution in [0.3, 0.4) is 0 Å². The second-order valence-electron chi connectivity index (χ2n) is 6.35. The fourth-order valence-electron chi connectivity index (χ4n) is 2.87. The van der Waals surface area contributed by atoms with Gasteiger partial charge in [-0.15, -0.1) is 0 Å². The zero-order chi connectivity index (χ0) is 19.1. The van der Waals surface area contributed by atoms with E-state index in [0.717, 1.165) is 35.8 Å². The molecular weight excluding hydrogens is 328 g/mol. The van der Waals surface area contributed by atoms with Gasteiger partial charge in [0.15, 0.2) is 0 Å². The lowest BCUT2D eigenvalue weighted by molar-refractivity contribution is 0.756. The number of aromatic amines is 1. The monoisotopic (exact) mass is 356 g/mol. The minimum atomic E-state index is -0.449. The third-order valence-corrected chi connectivity index (χ3v) is 4.32. The largest absolute Gasteiger partial charge is 0.329 e. The Balaban J connectivity index is 2.30. The molecule has 0 bridgehead atoms. The molecular formula is C20H28N4O2. The highest BCUT2D eigenvalue weighted by atomic mass is 16.2. The van der Waals surface area contributed by atoms with Crippen molar-refractivity contribution in [1.29, 1.82) is 0 Å². The first-order chi connectivity index (χ1) is 12.5. The minimum Gasteiger partial charge on any atom is -0.292 e. The first kappa shape index (κ1) is 19.7. The van der Waals surface area contributed by atoms with Gasteiger partial charge in [-0.2, -0.15) is 5.10 Å². The van der Waals surface area contributed by atoms with Gasteiger partial charge < -0.3 is 0 Å². The molecule has 0 fully saturated rings. The van der Waals surface area contributed by atoms with Gasteiger partial charge in [-0.3, -0.25) is 14.3 Å². The highest BCUT2D eigenvalue weighted by Gasteiger charge is 2.07. The van der Waals surface area contributed by atoms with E-state index in [0.29, 0.717) is 12.4 Å². The van der Waals surface area contributed by atoms with Gasteiger partial charge in [-0.05, 0) is 42.5 Å². The summed E-state index contributed by atoms with van der Waals surface area (Å²) in [7, 11) is 1.44. The average molecular weight is 356 g/mol. The highest BCUT2D eigenvalue weighted by molar-refractivity contribution is 5.80. The molecule has 2 rings (SSSR count). The van der Waals surface area contributed by atoms with Crippen molar-refractivity contribution < 1.29 is 0 Å². The molecule has 0 saturated carbocycles. The number of rotatable bonds is 8. The number of aryl methyl sites for hydroxylation is 2. The molecule has 0 aliphatic rings. The number of hydrazone groups is 1. The number of benzene rings is 1. The van der Waals surface area contributed by atoms with Crippen LogP contribution in [-0.2, 0) is 19.9 Å². The molecule has 1 N–H and O–H groups in total. The standard InChI is InChI=1S/C20H28N4O2/c1-5-8-16-11-10-15(12-17(16)9-6-2)14-21-24(7-3)18-13-19(25)23(4)20(26)22-18/h10-14H,5-9H2,1-4H3,(H,22,26). The fourth-order valence-corrected chi connectivity index (χ4v) is 2.87. The van der Waals surface area contributed by atoms with Gasteiger partial charge in [0.25, 0.3) is 5.56 Å². The molecule has 0 unspecified atom stereocenters. The summed E-state index contributed by atoms with van der Waals surface area (Å²) in [6.07, 6.45) is 6.14. The summed E-state index contributed by atoms with van der Waals surface area (Å²) in [5.74, 6) is 0.397. The number of hydrogen-bond donors (Lipinski definition) is 1. The molecule has 6 heteroatoms. The van der Waals surface area contributed by atoms with Gasteiger partial charge >= 0.3 is 5.69 Å². The maximum atomic E-state index is 11.8. The lowest BCUT2D eigenvalue weighted by Gasteiger charge is -2.16. The van der Waals surface area contributed by atoms with Crippen LogP contribution in [0.2, 0.25) is 0 Å². The smallest absolute Gasteiger partial charge is 0.292 e. The topological polar surface area (TPSA) is 70.5 Å². The van der Waals surface area contributed by atoms with E-state index in [1.807, 2.05) is 6.92 Å². The van der Waals surface area contributed by atoms with Gasteiger partial charge in [-0.25, -0.2) is 9.80 Å². The molecule has 1 aromatic carbocycles. The molecule has 140 valence electrons. The Morgan fingerprint density at radius 3 is 2.38 bits per heavy atom. The molecule has 0 aliphatic carbocycles. The van der Waals surface area contributed by atoms with Gasteiger partial charge in [0, 0.05) is 19.7 Å². The van der Waals surface area contributed by atoms with Crippen LogP contribution >= 0.6 is 0 Å². The van der Waals surface area contributed by atoms with Crippen LogP contribution in [0.15, 0.2) is 39.0 Å². The summed E-state index contributed by atoms with van der Waals surface area (Å²) in [5, 5.41) is 6.07. The summed E-state index contributed by atoms with van der Waals surface area (Å²) in [6, 6.07) is 7.80. The van der Waals surface area contributed by atoms with Crippen molar-refractivity contribution in [3.63, 3.8) is 0 Å². The summed E-state index contributed by atoms with van der Waals surface area (Å²) >= 11 is 0. The Kier molecular flexibility index (Phi) is 6.95.